The normalized spacial score (nSPS) is 15.8. The lowest BCUT2D eigenvalue weighted by Gasteiger charge is -2.06. The van der Waals surface area contributed by atoms with E-state index >= 15 is 0 Å². The summed E-state index contributed by atoms with van der Waals surface area (Å²) in [5, 5.41) is 8.83. The summed E-state index contributed by atoms with van der Waals surface area (Å²) in [6.45, 7) is 1.95. The summed E-state index contributed by atoms with van der Waals surface area (Å²) in [6, 6.07) is 10.6. The highest BCUT2D eigenvalue weighted by Gasteiger charge is 2.17. The van der Waals surface area contributed by atoms with E-state index in [1.54, 1.807) is 0 Å². The molecule has 0 spiro atoms. The van der Waals surface area contributed by atoms with Gasteiger partial charge in [0.15, 0.2) is 0 Å². The van der Waals surface area contributed by atoms with Gasteiger partial charge in [-0.1, -0.05) is 30.3 Å². The number of hydrogen-bond acceptors (Lipinski definition) is 1. The fraction of sp³-hybridized carbons (Fsp3) is 0.250. The highest BCUT2D eigenvalue weighted by Crippen LogP contribution is 2.31. The number of nitrogens with zero attached hydrogens (tertiary/aromatic N) is 1. The number of fused-ring (bicyclic) bond motifs is 1. The maximum atomic E-state index is 8.83. The molecule has 1 aliphatic carbocycles. The van der Waals surface area contributed by atoms with Crippen LogP contribution in [0.15, 0.2) is 30.3 Å². The second-order valence-corrected chi connectivity index (χ2v) is 3.37. The van der Waals surface area contributed by atoms with Crippen LogP contribution in [0.25, 0.3) is 5.57 Å². The largest absolute Gasteiger partial charge is 0.198 e. The Morgan fingerprint density at radius 1 is 1.38 bits per heavy atom. The van der Waals surface area contributed by atoms with E-state index in [4.69, 9.17) is 5.26 Å². The number of allylic oxidation sites excluding steroid dienone is 2. The van der Waals surface area contributed by atoms with Crippen LogP contribution in [0.3, 0.4) is 0 Å². The van der Waals surface area contributed by atoms with Crippen molar-refractivity contribution in [2.24, 2.45) is 5.92 Å². The third-order valence-electron chi connectivity index (χ3n) is 2.53. The van der Waals surface area contributed by atoms with Gasteiger partial charge in [-0.05, 0) is 30.0 Å². The lowest BCUT2D eigenvalue weighted by atomic mass is 9.97. The van der Waals surface area contributed by atoms with Crippen molar-refractivity contribution in [2.45, 2.75) is 13.3 Å². The molecule has 0 saturated heterocycles. The smallest absolute Gasteiger partial charge is 0.0701 e. The molecule has 1 unspecified atom stereocenters. The van der Waals surface area contributed by atoms with Gasteiger partial charge in [0.2, 0.25) is 0 Å². The minimum absolute atomic E-state index is 0.0173. The maximum Gasteiger partial charge on any atom is 0.0701 e. The van der Waals surface area contributed by atoms with Crippen molar-refractivity contribution in [3.63, 3.8) is 0 Å². The molecule has 0 heterocycles. The summed E-state index contributed by atoms with van der Waals surface area (Å²) >= 11 is 0. The lowest BCUT2D eigenvalue weighted by Crippen LogP contribution is -1.93. The molecule has 0 N–H and O–H groups in total. The molecule has 1 aromatic carbocycles. The van der Waals surface area contributed by atoms with Crippen LogP contribution < -0.4 is 0 Å². The van der Waals surface area contributed by atoms with Crippen molar-refractivity contribution in [2.75, 3.05) is 0 Å². The third-order valence-corrected chi connectivity index (χ3v) is 2.53. The van der Waals surface area contributed by atoms with E-state index in [-0.39, 0.29) is 5.92 Å². The summed E-state index contributed by atoms with van der Waals surface area (Å²) in [4.78, 5) is 0. The van der Waals surface area contributed by atoms with E-state index < -0.39 is 0 Å². The lowest BCUT2D eigenvalue weighted by molar-refractivity contribution is 0.983. The number of rotatable bonds is 1. The maximum absolute atomic E-state index is 8.83. The zero-order valence-corrected chi connectivity index (χ0v) is 7.62. The van der Waals surface area contributed by atoms with Gasteiger partial charge in [0.25, 0.3) is 0 Å². The molecule has 0 amide bonds. The van der Waals surface area contributed by atoms with Gasteiger partial charge in [0.1, 0.15) is 0 Å². The molecule has 1 atom stereocenters. The zero-order valence-electron chi connectivity index (χ0n) is 7.62. The molecular formula is C12H11N. The highest BCUT2D eigenvalue weighted by atomic mass is 14.3. The predicted octanol–water partition coefficient (Wildman–Crippen LogP) is 2.79. The van der Waals surface area contributed by atoms with Gasteiger partial charge >= 0.3 is 0 Å². The first-order valence-electron chi connectivity index (χ1n) is 4.51. The average molecular weight is 169 g/mol. The van der Waals surface area contributed by atoms with Crippen LogP contribution in [0.1, 0.15) is 18.1 Å². The minimum atomic E-state index is 0.0173. The van der Waals surface area contributed by atoms with Gasteiger partial charge in [0, 0.05) is 0 Å². The first-order chi connectivity index (χ1) is 6.33. The molecule has 0 bridgehead atoms. The molecule has 0 aliphatic heterocycles. The Balaban J connectivity index is 2.43. The topological polar surface area (TPSA) is 23.8 Å². The van der Waals surface area contributed by atoms with Crippen molar-refractivity contribution in [1.82, 2.24) is 0 Å². The Kier molecular flexibility index (Phi) is 1.90. The fourth-order valence-corrected chi connectivity index (χ4v) is 1.79. The SMILES string of the molecule is CC(C#N)C1=CCc2ccccc21. The molecule has 13 heavy (non-hydrogen) atoms. The van der Waals surface area contributed by atoms with Gasteiger partial charge in [-0.25, -0.2) is 0 Å². The molecule has 0 saturated carbocycles. The standard InChI is InChI=1S/C12H11N/c1-9(8-13)11-7-6-10-4-2-3-5-12(10)11/h2-5,7,9H,6H2,1H3. The molecule has 1 heteroatoms. The molecule has 1 aliphatic rings. The second kappa shape index (κ2) is 3.06. The Hall–Kier alpha value is -1.55. The molecule has 0 radical (unpaired) electrons. The van der Waals surface area contributed by atoms with E-state index in [0.717, 1.165) is 6.42 Å². The van der Waals surface area contributed by atoms with E-state index in [1.165, 1.54) is 16.7 Å². The van der Waals surface area contributed by atoms with Crippen molar-refractivity contribution in [1.29, 1.82) is 5.26 Å². The summed E-state index contributed by atoms with van der Waals surface area (Å²) in [7, 11) is 0. The van der Waals surface area contributed by atoms with Crippen LogP contribution in [0.5, 0.6) is 0 Å². The predicted molar refractivity (Wildman–Crippen MR) is 52.9 cm³/mol. The van der Waals surface area contributed by atoms with Gasteiger partial charge < -0.3 is 0 Å². The number of nitriles is 1. The molecule has 64 valence electrons. The van der Waals surface area contributed by atoms with Crippen molar-refractivity contribution in [3.05, 3.63) is 41.5 Å². The first-order valence-corrected chi connectivity index (χ1v) is 4.51. The van der Waals surface area contributed by atoms with Crippen LogP contribution in [0, 0.1) is 17.2 Å². The van der Waals surface area contributed by atoms with Crippen molar-refractivity contribution < 1.29 is 0 Å². The van der Waals surface area contributed by atoms with Crippen LogP contribution in [-0.4, -0.2) is 0 Å². The summed E-state index contributed by atoms with van der Waals surface area (Å²) in [6.07, 6.45) is 3.15. The monoisotopic (exact) mass is 169 g/mol. The fourth-order valence-electron chi connectivity index (χ4n) is 1.79. The first kappa shape index (κ1) is 8.07. The van der Waals surface area contributed by atoms with Gasteiger partial charge in [-0.3, -0.25) is 0 Å². The van der Waals surface area contributed by atoms with Gasteiger partial charge in [0.05, 0.1) is 12.0 Å². The Bertz CT molecular complexity index is 396. The second-order valence-electron chi connectivity index (χ2n) is 3.37. The molecular weight excluding hydrogens is 158 g/mol. The van der Waals surface area contributed by atoms with Crippen LogP contribution in [0.4, 0.5) is 0 Å². The molecule has 1 nitrogen and oxygen atoms in total. The Morgan fingerprint density at radius 3 is 2.92 bits per heavy atom. The van der Waals surface area contributed by atoms with E-state index in [0.29, 0.717) is 0 Å². The number of benzene rings is 1. The average Bonchev–Trinajstić information content (AvgIpc) is 2.60. The van der Waals surface area contributed by atoms with E-state index in [1.807, 2.05) is 19.1 Å². The van der Waals surface area contributed by atoms with Crippen LogP contribution >= 0.6 is 0 Å². The molecule has 2 rings (SSSR count). The third kappa shape index (κ3) is 1.25. The summed E-state index contributed by atoms with van der Waals surface area (Å²) in [5.41, 5.74) is 3.80. The molecule has 0 aromatic heterocycles. The molecule has 1 aromatic rings. The quantitative estimate of drug-likeness (QED) is 0.634. The highest BCUT2D eigenvalue weighted by molar-refractivity contribution is 5.75. The van der Waals surface area contributed by atoms with E-state index in [2.05, 4.69) is 24.3 Å². The van der Waals surface area contributed by atoms with Crippen LogP contribution in [0.2, 0.25) is 0 Å². The van der Waals surface area contributed by atoms with Gasteiger partial charge in [-0.15, -0.1) is 0 Å². The minimum Gasteiger partial charge on any atom is -0.198 e. The van der Waals surface area contributed by atoms with Gasteiger partial charge in [-0.2, -0.15) is 5.26 Å². The Labute approximate surface area is 78.3 Å². The van der Waals surface area contributed by atoms with E-state index in [9.17, 15) is 0 Å². The van der Waals surface area contributed by atoms with Crippen molar-refractivity contribution >= 4 is 5.57 Å². The summed E-state index contributed by atoms with van der Waals surface area (Å²) < 4.78 is 0. The molecule has 0 fully saturated rings. The zero-order chi connectivity index (χ0) is 9.26. The summed E-state index contributed by atoms with van der Waals surface area (Å²) in [5.74, 6) is 0.0173. The van der Waals surface area contributed by atoms with Crippen LogP contribution in [-0.2, 0) is 6.42 Å². The Morgan fingerprint density at radius 2 is 2.15 bits per heavy atom. The van der Waals surface area contributed by atoms with Crippen molar-refractivity contribution in [3.8, 4) is 6.07 Å². The number of hydrogen-bond donors (Lipinski definition) is 0.